The predicted molar refractivity (Wildman–Crippen MR) is 75.1 cm³/mol. The molecule has 1 aromatic carbocycles. The number of nitrogen functional groups attached to an aromatic ring is 1. The molecule has 0 fully saturated rings. The molecular weight excluding hydrogens is 334 g/mol. The predicted octanol–water partition coefficient (Wildman–Crippen LogP) is 1.27. The molecule has 0 aliphatic rings. The topological polar surface area (TPSA) is 103 Å². The molecule has 1 heterocycles. The maximum absolute atomic E-state index is 12.3. The lowest BCUT2D eigenvalue weighted by Crippen LogP contribution is -2.18. The molecule has 3 N–H and O–H groups in total. The Morgan fingerprint density at radius 1 is 1.42 bits per heavy atom. The van der Waals surface area contributed by atoms with Crippen LogP contribution in [0.3, 0.4) is 0 Å². The van der Waals surface area contributed by atoms with Gasteiger partial charge in [0.2, 0.25) is 5.03 Å². The van der Waals surface area contributed by atoms with E-state index < -0.39 is 10.0 Å². The van der Waals surface area contributed by atoms with Gasteiger partial charge in [0.15, 0.2) is 4.60 Å². The fourth-order valence-corrected chi connectivity index (χ4v) is 3.79. The molecule has 1 aromatic heterocycles. The minimum atomic E-state index is -3.79. The number of aryl methyl sites for hydroxylation is 1. The Balaban J connectivity index is 2.46. The van der Waals surface area contributed by atoms with Crippen molar-refractivity contribution in [1.82, 2.24) is 15.0 Å². The maximum Gasteiger partial charge on any atom is 0.281 e. The summed E-state index contributed by atoms with van der Waals surface area (Å²) in [6.07, 6.45) is 0. The Morgan fingerprint density at radius 3 is 2.68 bits per heavy atom. The van der Waals surface area contributed by atoms with Crippen molar-refractivity contribution in [3.8, 4) is 0 Å². The van der Waals surface area contributed by atoms with E-state index in [-0.39, 0.29) is 9.63 Å². The van der Waals surface area contributed by atoms with Crippen LogP contribution in [0.1, 0.15) is 5.56 Å². The number of hydrogen-bond donors (Lipinski definition) is 2. The van der Waals surface area contributed by atoms with Crippen molar-refractivity contribution >= 4 is 37.3 Å². The fourth-order valence-electron chi connectivity index (χ4n) is 1.57. The largest absolute Gasteiger partial charge is 0.398 e. The smallest absolute Gasteiger partial charge is 0.281 e. The van der Waals surface area contributed by atoms with Crippen LogP contribution in [0.4, 0.5) is 11.4 Å². The van der Waals surface area contributed by atoms with Gasteiger partial charge in [0.05, 0.1) is 5.69 Å². The van der Waals surface area contributed by atoms with Gasteiger partial charge in [-0.25, -0.2) is 4.68 Å². The first-order valence-corrected chi connectivity index (χ1v) is 7.53. The van der Waals surface area contributed by atoms with Crippen LogP contribution in [0.2, 0.25) is 0 Å². The first-order valence-electron chi connectivity index (χ1n) is 5.26. The highest BCUT2D eigenvalue weighted by Gasteiger charge is 2.24. The third-order valence-electron chi connectivity index (χ3n) is 2.61. The third-order valence-corrected chi connectivity index (χ3v) is 4.86. The molecule has 0 spiro atoms. The van der Waals surface area contributed by atoms with Crippen molar-refractivity contribution in [3.63, 3.8) is 0 Å². The highest BCUT2D eigenvalue weighted by atomic mass is 79.9. The van der Waals surface area contributed by atoms with Gasteiger partial charge >= 0.3 is 0 Å². The molecule has 19 heavy (non-hydrogen) atoms. The lowest BCUT2D eigenvalue weighted by molar-refractivity contribution is 0.578. The molecule has 0 saturated heterocycles. The molecular formula is C10H12BrN5O2S. The van der Waals surface area contributed by atoms with E-state index in [0.717, 1.165) is 0 Å². The second kappa shape index (κ2) is 4.82. The van der Waals surface area contributed by atoms with E-state index in [2.05, 4.69) is 31.0 Å². The van der Waals surface area contributed by atoms with Gasteiger partial charge in [0.25, 0.3) is 10.0 Å². The number of anilines is 2. The first kappa shape index (κ1) is 13.8. The molecule has 9 heteroatoms. The van der Waals surface area contributed by atoms with Gasteiger partial charge < -0.3 is 5.73 Å². The van der Waals surface area contributed by atoms with Crippen LogP contribution in [-0.2, 0) is 17.1 Å². The average Bonchev–Trinajstić information content (AvgIpc) is 2.65. The molecule has 0 atom stereocenters. The summed E-state index contributed by atoms with van der Waals surface area (Å²) in [7, 11) is -2.29. The van der Waals surface area contributed by atoms with Crippen LogP contribution in [0.25, 0.3) is 0 Å². The Kier molecular flexibility index (Phi) is 3.50. The Labute approximate surface area is 119 Å². The zero-order valence-electron chi connectivity index (χ0n) is 10.3. The van der Waals surface area contributed by atoms with E-state index in [4.69, 9.17) is 5.73 Å². The molecule has 2 rings (SSSR count). The number of aromatic nitrogens is 3. The van der Waals surface area contributed by atoms with E-state index in [9.17, 15) is 8.42 Å². The van der Waals surface area contributed by atoms with Gasteiger partial charge in [0, 0.05) is 12.7 Å². The van der Waals surface area contributed by atoms with E-state index in [1.54, 1.807) is 25.1 Å². The second-order valence-corrected chi connectivity index (χ2v) is 6.28. The number of nitrogens with two attached hydrogens (primary N) is 1. The number of nitrogens with one attached hydrogen (secondary N) is 1. The van der Waals surface area contributed by atoms with Crippen LogP contribution < -0.4 is 10.5 Å². The summed E-state index contributed by atoms with van der Waals surface area (Å²) in [6, 6.07) is 5.02. The number of nitrogens with zero attached hydrogens (tertiary/aromatic N) is 3. The molecule has 2 aromatic rings. The summed E-state index contributed by atoms with van der Waals surface area (Å²) < 4.78 is 28.4. The zero-order chi connectivity index (χ0) is 14.2. The molecule has 0 aliphatic heterocycles. The molecule has 0 saturated carbocycles. The summed E-state index contributed by atoms with van der Waals surface area (Å²) in [5.41, 5.74) is 7.35. The van der Waals surface area contributed by atoms with Crippen molar-refractivity contribution < 1.29 is 8.42 Å². The average molecular weight is 346 g/mol. The van der Waals surface area contributed by atoms with Crippen LogP contribution in [-0.4, -0.2) is 23.4 Å². The number of sulfonamides is 1. The van der Waals surface area contributed by atoms with Gasteiger partial charge in [-0.3, -0.25) is 4.72 Å². The number of hydrogen-bond acceptors (Lipinski definition) is 5. The molecule has 0 bridgehead atoms. The second-order valence-electron chi connectivity index (χ2n) is 3.93. The van der Waals surface area contributed by atoms with Crippen LogP contribution >= 0.6 is 15.9 Å². The summed E-state index contributed by atoms with van der Waals surface area (Å²) in [5.74, 6) is 0. The number of benzene rings is 1. The van der Waals surface area contributed by atoms with E-state index in [1.165, 1.54) is 11.7 Å². The van der Waals surface area contributed by atoms with Crippen molar-refractivity contribution in [2.75, 3.05) is 10.5 Å². The minimum absolute atomic E-state index is 0.0469. The maximum atomic E-state index is 12.3. The molecule has 0 amide bonds. The van der Waals surface area contributed by atoms with Crippen LogP contribution in [0.5, 0.6) is 0 Å². The van der Waals surface area contributed by atoms with Crippen molar-refractivity contribution in [2.45, 2.75) is 11.9 Å². The summed E-state index contributed by atoms with van der Waals surface area (Å²) in [5, 5.41) is 7.24. The molecule has 7 nitrogen and oxygen atoms in total. The Bertz CT molecular complexity index is 706. The summed E-state index contributed by atoms with van der Waals surface area (Å²) in [6.45, 7) is 1.74. The fraction of sp³-hybridized carbons (Fsp3) is 0.200. The van der Waals surface area contributed by atoms with E-state index in [0.29, 0.717) is 16.9 Å². The van der Waals surface area contributed by atoms with Gasteiger partial charge in [0.1, 0.15) is 0 Å². The third kappa shape index (κ3) is 2.56. The molecule has 0 aliphatic carbocycles. The molecule has 0 radical (unpaired) electrons. The molecule has 0 unspecified atom stereocenters. The van der Waals surface area contributed by atoms with E-state index >= 15 is 0 Å². The van der Waals surface area contributed by atoms with E-state index in [1.807, 2.05) is 0 Å². The Hall–Kier alpha value is -1.61. The SMILES string of the molecule is Cc1c(N)cccc1NS(=O)(=O)c1c(Br)nnn1C. The lowest BCUT2D eigenvalue weighted by Gasteiger charge is -2.11. The number of halogens is 1. The lowest BCUT2D eigenvalue weighted by atomic mass is 10.2. The molecule has 102 valence electrons. The van der Waals surface area contributed by atoms with Crippen molar-refractivity contribution in [3.05, 3.63) is 28.4 Å². The highest BCUT2D eigenvalue weighted by Crippen LogP contribution is 2.25. The Morgan fingerprint density at radius 2 is 2.11 bits per heavy atom. The van der Waals surface area contributed by atoms with Crippen LogP contribution in [0, 0.1) is 6.92 Å². The summed E-state index contributed by atoms with van der Waals surface area (Å²) in [4.78, 5) is 0. The zero-order valence-corrected chi connectivity index (χ0v) is 12.7. The first-order chi connectivity index (χ1) is 8.83. The van der Waals surface area contributed by atoms with Crippen LogP contribution in [0.15, 0.2) is 27.8 Å². The normalized spacial score (nSPS) is 11.5. The quantitative estimate of drug-likeness (QED) is 0.815. The van der Waals surface area contributed by atoms with Crippen molar-refractivity contribution in [1.29, 1.82) is 0 Å². The summed E-state index contributed by atoms with van der Waals surface area (Å²) >= 11 is 3.06. The van der Waals surface area contributed by atoms with Gasteiger partial charge in [-0.05, 0) is 40.5 Å². The van der Waals surface area contributed by atoms with Gasteiger partial charge in [-0.15, -0.1) is 5.10 Å². The minimum Gasteiger partial charge on any atom is -0.398 e. The standard InChI is InChI=1S/C10H12BrN5O2S/c1-6-7(12)4-3-5-8(6)14-19(17,18)10-9(11)13-15-16(10)2/h3-5,14H,12H2,1-2H3. The highest BCUT2D eigenvalue weighted by molar-refractivity contribution is 9.10. The monoisotopic (exact) mass is 345 g/mol. The number of rotatable bonds is 3. The van der Waals surface area contributed by atoms with Crippen molar-refractivity contribution in [2.24, 2.45) is 7.05 Å². The van der Waals surface area contributed by atoms with Gasteiger partial charge in [-0.2, -0.15) is 8.42 Å². The van der Waals surface area contributed by atoms with Gasteiger partial charge in [-0.1, -0.05) is 11.3 Å².